The lowest BCUT2D eigenvalue weighted by atomic mass is 10.3. The molecule has 0 saturated carbocycles. The SMILES string of the molecule is CN(C)CCCCNc1ncccn1. The second-order valence-electron chi connectivity index (χ2n) is 3.51. The van der Waals surface area contributed by atoms with Crippen LogP contribution in [0.5, 0.6) is 0 Å². The van der Waals surface area contributed by atoms with Crippen LogP contribution >= 0.6 is 0 Å². The minimum Gasteiger partial charge on any atom is -0.354 e. The Labute approximate surface area is 85.4 Å². The van der Waals surface area contributed by atoms with E-state index in [1.807, 2.05) is 6.07 Å². The Bertz CT molecular complexity index is 235. The molecule has 78 valence electrons. The Balaban J connectivity index is 2.05. The molecule has 4 heteroatoms. The fraction of sp³-hybridized carbons (Fsp3) is 0.600. The van der Waals surface area contributed by atoms with Gasteiger partial charge in [0.05, 0.1) is 0 Å². The van der Waals surface area contributed by atoms with E-state index < -0.39 is 0 Å². The van der Waals surface area contributed by atoms with Crippen molar-refractivity contribution in [3.63, 3.8) is 0 Å². The number of rotatable bonds is 6. The van der Waals surface area contributed by atoms with Crippen molar-refractivity contribution in [3.05, 3.63) is 18.5 Å². The van der Waals surface area contributed by atoms with Gasteiger partial charge < -0.3 is 10.2 Å². The highest BCUT2D eigenvalue weighted by molar-refractivity contribution is 5.21. The van der Waals surface area contributed by atoms with Crippen molar-refractivity contribution >= 4 is 5.95 Å². The number of hydrogen-bond donors (Lipinski definition) is 1. The predicted octanol–water partition coefficient (Wildman–Crippen LogP) is 1.23. The fourth-order valence-electron chi connectivity index (χ4n) is 1.14. The molecule has 14 heavy (non-hydrogen) atoms. The Kier molecular flexibility index (Phi) is 4.93. The van der Waals surface area contributed by atoms with Crippen LogP contribution in [0.4, 0.5) is 5.95 Å². The summed E-state index contributed by atoms with van der Waals surface area (Å²) >= 11 is 0. The molecule has 0 aliphatic rings. The van der Waals surface area contributed by atoms with Crippen LogP contribution in [0.15, 0.2) is 18.5 Å². The van der Waals surface area contributed by atoms with Crippen LogP contribution in [-0.4, -0.2) is 42.1 Å². The smallest absolute Gasteiger partial charge is 0.222 e. The second-order valence-corrected chi connectivity index (χ2v) is 3.51. The minimum absolute atomic E-state index is 0.720. The van der Waals surface area contributed by atoms with E-state index >= 15 is 0 Å². The molecule has 0 bridgehead atoms. The summed E-state index contributed by atoms with van der Waals surface area (Å²) < 4.78 is 0. The molecule has 0 aromatic carbocycles. The van der Waals surface area contributed by atoms with E-state index in [9.17, 15) is 0 Å². The molecule has 1 heterocycles. The third kappa shape index (κ3) is 4.77. The molecule has 0 atom stereocenters. The largest absolute Gasteiger partial charge is 0.354 e. The van der Waals surface area contributed by atoms with Crippen molar-refractivity contribution in [1.82, 2.24) is 14.9 Å². The highest BCUT2D eigenvalue weighted by Gasteiger charge is 1.93. The molecule has 0 fully saturated rings. The number of nitrogens with zero attached hydrogens (tertiary/aromatic N) is 3. The topological polar surface area (TPSA) is 41.0 Å². The Hall–Kier alpha value is -1.16. The average molecular weight is 194 g/mol. The lowest BCUT2D eigenvalue weighted by Crippen LogP contribution is -2.14. The molecule has 0 aliphatic carbocycles. The summed E-state index contributed by atoms with van der Waals surface area (Å²) in [6.45, 7) is 2.08. The van der Waals surface area contributed by atoms with Gasteiger partial charge in [-0.15, -0.1) is 0 Å². The quantitative estimate of drug-likeness (QED) is 0.692. The monoisotopic (exact) mass is 194 g/mol. The van der Waals surface area contributed by atoms with Gasteiger partial charge in [0.15, 0.2) is 0 Å². The molecule has 1 rings (SSSR count). The van der Waals surface area contributed by atoms with Gasteiger partial charge in [0.1, 0.15) is 0 Å². The molecule has 4 nitrogen and oxygen atoms in total. The zero-order valence-corrected chi connectivity index (χ0v) is 8.90. The Morgan fingerprint density at radius 2 is 1.93 bits per heavy atom. The van der Waals surface area contributed by atoms with Crippen LogP contribution in [0.25, 0.3) is 0 Å². The second kappa shape index (κ2) is 6.32. The van der Waals surface area contributed by atoms with Gasteiger partial charge in [-0.25, -0.2) is 9.97 Å². The summed E-state index contributed by atoms with van der Waals surface area (Å²) in [5.41, 5.74) is 0. The lowest BCUT2D eigenvalue weighted by Gasteiger charge is -2.09. The van der Waals surface area contributed by atoms with Crippen molar-refractivity contribution in [1.29, 1.82) is 0 Å². The molecule has 0 aliphatic heterocycles. The van der Waals surface area contributed by atoms with E-state index in [1.165, 1.54) is 6.42 Å². The Morgan fingerprint density at radius 3 is 2.57 bits per heavy atom. The van der Waals surface area contributed by atoms with Crippen LogP contribution < -0.4 is 5.32 Å². The van der Waals surface area contributed by atoms with E-state index in [1.54, 1.807) is 12.4 Å². The molecule has 0 saturated heterocycles. The van der Waals surface area contributed by atoms with Crippen molar-refractivity contribution < 1.29 is 0 Å². The van der Waals surface area contributed by atoms with Crippen molar-refractivity contribution in [2.24, 2.45) is 0 Å². The zero-order chi connectivity index (χ0) is 10.2. The van der Waals surface area contributed by atoms with Crippen molar-refractivity contribution in [3.8, 4) is 0 Å². The molecule has 1 aromatic rings. The summed E-state index contributed by atoms with van der Waals surface area (Å²) in [4.78, 5) is 10.4. The molecule has 1 aromatic heterocycles. The number of unbranched alkanes of at least 4 members (excludes halogenated alkanes) is 1. The van der Waals surface area contributed by atoms with Gasteiger partial charge in [0.2, 0.25) is 5.95 Å². The molecular formula is C10H18N4. The summed E-state index contributed by atoms with van der Waals surface area (Å²) in [5, 5.41) is 3.18. The third-order valence-corrected chi connectivity index (χ3v) is 1.88. The van der Waals surface area contributed by atoms with Crippen molar-refractivity contribution in [2.75, 3.05) is 32.5 Å². The molecule has 1 N–H and O–H groups in total. The first-order valence-corrected chi connectivity index (χ1v) is 4.94. The van der Waals surface area contributed by atoms with Gasteiger partial charge in [-0.1, -0.05) is 0 Å². The molecule has 0 spiro atoms. The van der Waals surface area contributed by atoms with Gasteiger partial charge >= 0.3 is 0 Å². The molecule has 0 unspecified atom stereocenters. The maximum atomic E-state index is 4.08. The van der Waals surface area contributed by atoms with Gasteiger partial charge in [-0.3, -0.25) is 0 Å². The molecular weight excluding hydrogens is 176 g/mol. The lowest BCUT2D eigenvalue weighted by molar-refractivity contribution is 0.396. The van der Waals surface area contributed by atoms with E-state index in [0.717, 1.165) is 25.5 Å². The first-order valence-electron chi connectivity index (χ1n) is 4.94. The van der Waals surface area contributed by atoms with E-state index in [2.05, 4.69) is 34.3 Å². The highest BCUT2D eigenvalue weighted by atomic mass is 15.1. The van der Waals surface area contributed by atoms with E-state index in [0.29, 0.717) is 0 Å². The van der Waals surface area contributed by atoms with Crippen LogP contribution in [0.3, 0.4) is 0 Å². The summed E-state index contributed by atoms with van der Waals surface area (Å²) in [6, 6.07) is 1.82. The number of nitrogens with one attached hydrogen (secondary N) is 1. The minimum atomic E-state index is 0.720. The number of hydrogen-bond acceptors (Lipinski definition) is 4. The third-order valence-electron chi connectivity index (χ3n) is 1.88. The first kappa shape index (κ1) is 10.9. The predicted molar refractivity (Wildman–Crippen MR) is 58.3 cm³/mol. The van der Waals surface area contributed by atoms with Gasteiger partial charge in [0.25, 0.3) is 0 Å². The van der Waals surface area contributed by atoms with Gasteiger partial charge in [-0.2, -0.15) is 0 Å². The summed E-state index contributed by atoms with van der Waals surface area (Å²) in [5.74, 6) is 0.720. The number of anilines is 1. The normalized spacial score (nSPS) is 10.5. The molecule has 0 amide bonds. The van der Waals surface area contributed by atoms with E-state index in [4.69, 9.17) is 0 Å². The summed E-state index contributed by atoms with van der Waals surface area (Å²) in [6.07, 6.45) is 5.84. The Morgan fingerprint density at radius 1 is 1.21 bits per heavy atom. The van der Waals surface area contributed by atoms with Crippen LogP contribution in [0, 0.1) is 0 Å². The van der Waals surface area contributed by atoms with Crippen LogP contribution in [-0.2, 0) is 0 Å². The van der Waals surface area contributed by atoms with Gasteiger partial charge in [-0.05, 0) is 39.5 Å². The number of aromatic nitrogens is 2. The highest BCUT2D eigenvalue weighted by Crippen LogP contribution is 1.96. The maximum absolute atomic E-state index is 4.08. The van der Waals surface area contributed by atoms with Crippen LogP contribution in [0.1, 0.15) is 12.8 Å². The zero-order valence-electron chi connectivity index (χ0n) is 8.90. The fourth-order valence-corrected chi connectivity index (χ4v) is 1.14. The first-order chi connectivity index (χ1) is 6.79. The summed E-state index contributed by atoms with van der Waals surface area (Å²) in [7, 11) is 4.18. The van der Waals surface area contributed by atoms with Crippen LogP contribution in [0.2, 0.25) is 0 Å². The van der Waals surface area contributed by atoms with E-state index in [-0.39, 0.29) is 0 Å². The van der Waals surface area contributed by atoms with Crippen molar-refractivity contribution in [2.45, 2.75) is 12.8 Å². The maximum Gasteiger partial charge on any atom is 0.222 e. The van der Waals surface area contributed by atoms with Gasteiger partial charge in [0, 0.05) is 18.9 Å². The standard InChI is InChI=1S/C10H18N4/c1-14(2)9-4-3-6-11-10-12-7-5-8-13-10/h5,7-8H,3-4,6,9H2,1-2H3,(H,11,12,13). The average Bonchev–Trinajstić information content (AvgIpc) is 2.18. The molecule has 0 radical (unpaired) electrons.